The van der Waals surface area contributed by atoms with Crippen LogP contribution in [-0.2, 0) is 0 Å². The zero-order valence-electron chi connectivity index (χ0n) is 11.0. The van der Waals surface area contributed by atoms with Gasteiger partial charge in [-0.15, -0.1) is 0 Å². The average Bonchev–Trinajstić information content (AvgIpc) is 2.15. The molecule has 0 amide bonds. The molecule has 3 heteroatoms. The van der Waals surface area contributed by atoms with Crippen LogP contribution in [0.25, 0.3) is 0 Å². The van der Waals surface area contributed by atoms with Crippen molar-refractivity contribution < 1.29 is 0 Å². The summed E-state index contributed by atoms with van der Waals surface area (Å²) in [5.41, 5.74) is 0. The molecule has 0 saturated carbocycles. The third-order valence-electron chi connectivity index (χ3n) is 2.55. The number of rotatable bonds is 9. The van der Waals surface area contributed by atoms with Gasteiger partial charge in [-0.2, -0.15) is 11.8 Å². The standard InChI is InChI=1S/C12H28N2S/c1-11(2)12(10-14(3)4)13-8-6-7-9-15-5/h11-13H,6-10H2,1-5H3. The van der Waals surface area contributed by atoms with E-state index in [-0.39, 0.29) is 0 Å². The van der Waals surface area contributed by atoms with Crippen LogP contribution in [0.3, 0.4) is 0 Å². The molecule has 0 aliphatic rings. The Kier molecular flexibility index (Phi) is 9.66. The number of thioether (sulfide) groups is 1. The first-order chi connectivity index (χ1) is 7.07. The van der Waals surface area contributed by atoms with E-state index in [1.807, 2.05) is 11.8 Å². The molecule has 0 spiro atoms. The third-order valence-corrected chi connectivity index (χ3v) is 3.25. The molecular formula is C12H28N2S. The molecule has 0 aliphatic carbocycles. The predicted octanol–water partition coefficient (Wildman–Crippen LogP) is 2.31. The summed E-state index contributed by atoms with van der Waals surface area (Å²) in [7, 11) is 4.29. The van der Waals surface area contributed by atoms with Crippen LogP contribution in [0.5, 0.6) is 0 Å². The quantitative estimate of drug-likeness (QED) is 0.614. The lowest BCUT2D eigenvalue weighted by atomic mass is 10.0. The van der Waals surface area contributed by atoms with Crippen molar-refractivity contribution in [2.45, 2.75) is 32.7 Å². The molecule has 1 N–H and O–H groups in total. The second-order valence-electron chi connectivity index (χ2n) is 4.77. The van der Waals surface area contributed by atoms with Crippen LogP contribution in [-0.4, -0.2) is 50.1 Å². The summed E-state index contributed by atoms with van der Waals surface area (Å²) < 4.78 is 0. The Hall–Kier alpha value is 0.270. The average molecular weight is 232 g/mol. The van der Waals surface area contributed by atoms with Crippen molar-refractivity contribution in [3.8, 4) is 0 Å². The van der Waals surface area contributed by atoms with Crippen LogP contribution in [0.4, 0.5) is 0 Å². The highest BCUT2D eigenvalue weighted by atomic mass is 32.2. The van der Waals surface area contributed by atoms with Gasteiger partial charge in [-0.05, 0) is 51.4 Å². The van der Waals surface area contributed by atoms with E-state index in [4.69, 9.17) is 0 Å². The molecule has 0 aliphatic heterocycles. The van der Waals surface area contributed by atoms with E-state index < -0.39 is 0 Å². The van der Waals surface area contributed by atoms with Gasteiger partial charge >= 0.3 is 0 Å². The largest absolute Gasteiger partial charge is 0.312 e. The maximum Gasteiger partial charge on any atom is 0.0217 e. The molecule has 0 fully saturated rings. The molecule has 0 bridgehead atoms. The summed E-state index contributed by atoms with van der Waals surface area (Å²) in [6.45, 7) is 6.89. The first-order valence-corrected chi connectivity index (χ1v) is 7.34. The van der Waals surface area contributed by atoms with Crippen LogP contribution >= 0.6 is 11.8 Å². The van der Waals surface area contributed by atoms with E-state index >= 15 is 0 Å². The van der Waals surface area contributed by atoms with Crippen molar-refractivity contribution in [3.05, 3.63) is 0 Å². The predicted molar refractivity (Wildman–Crippen MR) is 72.8 cm³/mol. The fourth-order valence-corrected chi connectivity index (χ4v) is 2.06. The molecule has 92 valence electrons. The summed E-state index contributed by atoms with van der Waals surface area (Å²) >= 11 is 1.94. The van der Waals surface area contributed by atoms with E-state index in [9.17, 15) is 0 Å². The SMILES string of the molecule is CSCCCCNC(CN(C)C)C(C)C. The minimum atomic E-state index is 0.634. The molecule has 0 aromatic heterocycles. The molecule has 0 aromatic rings. The molecule has 15 heavy (non-hydrogen) atoms. The fraction of sp³-hybridized carbons (Fsp3) is 1.00. The van der Waals surface area contributed by atoms with E-state index in [0.29, 0.717) is 12.0 Å². The highest BCUT2D eigenvalue weighted by molar-refractivity contribution is 7.98. The second kappa shape index (κ2) is 9.49. The Morgan fingerprint density at radius 2 is 1.87 bits per heavy atom. The van der Waals surface area contributed by atoms with E-state index in [0.717, 1.165) is 13.1 Å². The van der Waals surface area contributed by atoms with Crippen molar-refractivity contribution in [2.24, 2.45) is 5.92 Å². The van der Waals surface area contributed by atoms with Crippen molar-refractivity contribution in [1.29, 1.82) is 0 Å². The Bertz CT molecular complexity index is 138. The highest BCUT2D eigenvalue weighted by Crippen LogP contribution is 2.04. The fourth-order valence-electron chi connectivity index (χ4n) is 1.56. The first kappa shape index (κ1) is 15.3. The number of hydrogen-bond acceptors (Lipinski definition) is 3. The molecule has 0 aromatic carbocycles. The Morgan fingerprint density at radius 1 is 1.20 bits per heavy atom. The molecule has 0 radical (unpaired) electrons. The third kappa shape index (κ3) is 9.21. The highest BCUT2D eigenvalue weighted by Gasteiger charge is 2.12. The lowest BCUT2D eigenvalue weighted by molar-refractivity contribution is 0.289. The van der Waals surface area contributed by atoms with Gasteiger partial charge < -0.3 is 10.2 Å². The Labute approximate surface area is 100 Å². The molecular weight excluding hydrogens is 204 g/mol. The van der Waals surface area contributed by atoms with Crippen LogP contribution in [0.15, 0.2) is 0 Å². The summed E-state index contributed by atoms with van der Waals surface area (Å²) in [6, 6.07) is 0.634. The number of unbranched alkanes of at least 4 members (excludes halogenated alkanes) is 1. The van der Waals surface area contributed by atoms with Crippen molar-refractivity contribution in [1.82, 2.24) is 10.2 Å². The summed E-state index contributed by atoms with van der Waals surface area (Å²) in [5.74, 6) is 2.01. The lowest BCUT2D eigenvalue weighted by Gasteiger charge is -2.25. The van der Waals surface area contributed by atoms with Gasteiger partial charge in [-0.3, -0.25) is 0 Å². The maximum atomic E-state index is 3.66. The first-order valence-electron chi connectivity index (χ1n) is 5.95. The van der Waals surface area contributed by atoms with Crippen molar-refractivity contribution in [2.75, 3.05) is 39.2 Å². The van der Waals surface area contributed by atoms with Crippen LogP contribution < -0.4 is 5.32 Å². The second-order valence-corrected chi connectivity index (χ2v) is 5.75. The van der Waals surface area contributed by atoms with Gasteiger partial charge in [0.25, 0.3) is 0 Å². The zero-order chi connectivity index (χ0) is 11.7. The normalized spacial score (nSPS) is 13.8. The van der Waals surface area contributed by atoms with Gasteiger partial charge in [0.15, 0.2) is 0 Å². The van der Waals surface area contributed by atoms with E-state index in [2.05, 4.69) is 44.4 Å². The van der Waals surface area contributed by atoms with Crippen LogP contribution in [0.1, 0.15) is 26.7 Å². The lowest BCUT2D eigenvalue weighted by Crippen LogP contribution is -2.42. The molecule has 0 saturated heterocycles. The molecule has 0 rings (SSSR count). The summed E-state index contributed by atoms with van der Waals surface area (Å²) in [5, 5.41) is 3.66. The number of hydrogen-bond donors (Lipinski definition) is 1. The van der Waals surface area contributed by atoms with Gasteiger partial charge in [-0.1, -0.05) is 13.8 Å². The van der Waals surface area contributed by atoms with Gasteiger partial charge in [0, 0.05) is 12.6 Å². The van der Waals surface area contributed by atoms with Crippen molar-refractivity contribution in [3.63, 3.8) is 0 Å². The minimum Gasteiger partial charge on any atom is -0.312 e. The number of nitrogens with zero attached hydrogens (tertiary/aromatic N) is 1. The monoisotopic (exact) mass is 232 g/mol. The topological polar surface area (TPSA) is 15.3 Å². The van der Waals surface area contributed by atoms with Gasteiger partial charge in [0.1, 0.15) is 0 Å². The van der Waals surface area contributed by atoms with Crippen LogP contribution in [0, 0.1) is 5.92 Å². The molecule has 1 unspecified atom stereocenters. The summed E-state index contributed by atoms with van der Waals surface area (Å²) in [6.07, 6.45) is 4.81. The Morgan fingerprint density at radius 3 is 2.33 bits per heavy atom. The van der Waals surface area contributed by atoms with Crippen molar-refractivity contribution >= 4 is 11.8 Å². The van der Waals surface area contributed by atoms with Gasteiger partial charge in [-0.25, -0.2) is 0 Å². The smallest absolute Gasteiger partial charge is 0.0217 e. The molecule has 0 heterocycles. The minimum absolute atomic E-state index is 0.634. The molecule has 1 atom stereocenters. The number of nitrogens with one attached hydrogen (secondary N) is 1. The molecule has 2 nitrogen and oxygen atoms in total. The zero-order valence-corrected chi connectivity index (χ0v) is 11.9. The Balaban J connectivity index is 3.58. The van der Waals surface area contributed by atoms with E-state index in [1.165, 1.54) is 18.6 Å². The maximum absolute atomic E-state index is 3.66. The van der Waals surface area contributed by atoms with E-state index in [1.54, 1.807) is 0 Å². The van der Waals surface area contributed by atoms with Crippen LogP contribution in [0.2, 0.25) is 0 Å². The number of likely N-dealkylation sites (N-methyl/N-ethyl adjacent to an activating group) is 1. The summed E-state index contributed by atoms with van der Waals surface area (Å²) in [4.78, 5) is 2.26. The van der Waals surface area contributed by atoms with Gasteiger partial charge in [0.2, 0.25) is 0 Å². The van der Waals surface area contributed by atoms with Gasteiger partial charge in [0.05, 0.1) is 0 Å².